The van der Waals surface area contributed by atoms with Crippen molar-refractivity contribution in [3.8, 4) is 5.13 Å². The predicted molar refractivity (Wildman–Crippen MR) is 121 cm³/mol. The third kappa shape index (κ3) is 4.80. The highest BCUT2D eigenvalue weighted by atomic mass is 32.1. The lowest BCUT2D eigenvalue weighted by Crippen LogP contribution is -2.49. The van der Waals surface area contributed by atoms with E-state index in [1.807, 2.05) is 67.2 Å². The van der Waals surface area contributed by atoms with Crippen LogP contribution in [-0.2, 0) is 11.3 Å². The first-order chi connectivity index (χ1) is 15.0. The van der Waals surface area contributed by atoms with Crippen molar-refractivity contribution in [1.29, 1.82) is 0 Å². The molecule has 4 rings (SSSR count). The molecular formula is C23H23N5O2S. The van der Waals surface area contributed by atoms with Gasteiger partial charge >= 0.3 is 0 Å². The molecule has 8 heteroatoms. The lowest BCUT2D eigenvalue weighted by Gasteiger charge is -2.21. The van der Waals surface area contributed by atoms with E-state index >= 15 is 0 Å². The minimum Gasteiger partial charge on any atom is -0.350 e. The number of hydrogen-bond donors (Lipinski definition) is 2. The number of hydrogen-bond acceptors (Lipinski definition) is 5. The molecule has 0 aliphatic rings. The number of nitrogens with zero attached hydrogens (tertiary/aromatic N) is 3. The van der Waals surface area contributed by atoms with Crippen molar-refractivity contribution in [3.05, 3.63) is 78.4 Å². The van der Waals surface area contributed by atoms with Gasteiger partial charge in [0, 0.05) is 36.9 Å². The number of amides is 2. The van der Waals surface area contributed by atoms with Gasteiger partial charge in [-0.25, -0.2) is 4.98 Å². The molecule has 0 saturated heterocycles. The van der Waals surface area contributed by atoms with Crippen LogP contribution in [0.3, 0.4) is 0 Å². The van der Waals surface area contributed by atoms with E-state index in [4.69, 9.17) is 0 Å². The molecule has 0 radical (unpaired) electrons. The number of fused-ring (bicyclic) bond motifs is 1. The predicted octanol–water partition coefficient (Wildman–Crippen LogP) is 3.55. The van der Waals surface area contributed by atoms with Gasteiger partial charge in [-0.2, -0.15) is 0 Å². The van der Waals surface area contributed by atoms with Crippen LogP contribution >= 0.6 is 11.3 Å². The minimum atomic E-state index is -0.637. The third-order valence-electron chi connectivity index (χ3n) is 4.92. The molecule has 7 nitrogen and oxygen atoms in total. The maximum absolute atomic E-state index is 12.9. The van der Waals surface area contributed by atoms with E-state index in [1.165, 1.54) is 11.3 Å². The summed E-state index contributed by atoms with van der Waals surface area (Å²) < 4.78 is 2.85. The standard InChI is InChI=1S/C23H23N5O2S/c1-15(2)20(22(30)25-14-16-7-9-24-10-8-16)27-21(29)17-5-6-18-19(13-17)31-23(26-18)28-11-3-4-12-28/h3-13,15,20H,14H2,1-2H3,(H,25,30)(H,27,29)/t20-/m1/s1. The number of aromatic nitrogens is 3. The van der Waals surface area contributed by atoms with Gasteiger partial charge in [0.1, 0.15) is 6.04 Å². The summed E-state index contributed by atoms with van der Waals surface area (Å²) in [5.74, 6) is -0.557. The Morgan fingerprint density at radius 3 is 2.55 bits per heavy atom. The van der Waals surface area contributed by atoms with E-state index in [0.29, 0.717) is 12.1 Å². The van der Waals surface area contributed by atoms with Crippen LogP contribution in [0, 0.1) is 5.92 Å². The summed E-state index contributed by atoms with van der Waals surface area (Å²) in [7, 11) is 0. The van der Waals surface area contributed by atoms with Gasteiger partial charge in [-0.3, -0.25) is 14.6 Å². The van der Waals surface area contributed by atoms with Gasteiger partial charge in [-0.15, -0.1) is 0 Å². The second kappa shape index (κ2) is 9.09. The average Bonchev–Trinajstić information content (AvgIpc) is 3.45. The summed E-state index contributed by atoms with van der Waals surface area (Å²) in [4.78, 5) is 34.2. The largest absolute Gasteiger partial charge is 0.350 e. The van der Waals surface area contributed by atoms with Gasteiger partial charge in [0.25, 0.3) is 5.91 Å². The highest BCUT2D eigenvalue weighted by Crippen LogP contribution is 2.26. The van der Waals surface area contributed by atoms with Crippen LogP contribution in [-0.4, -0.2) is 32.4 Å². The molecular weight excluding hydrogens is 410 g/mol. The molecule has 0 aliphatic heterocycles. The molecule has 0 saturated carbocycles. The molecule has 0 bridgehead atoms. The van der Waals surface area contributed by atoms with Gasteiger partial charge in [0.15, 0.2) is 5.13 Å². The topological polar surface area (TPSA) is 88.9 Å². The first-order valence-electron chi connectivity index (χ1n) is 10.0. The summed E-state index contributed by atoms with van der Waals surface area (Å²) in [5, 5.41) is 6.62. The summed E-state index contributed by atoms with van der Waals surface area (Å²) in [6.07, 6.45) is 7.23. The lowest BCUT2D eigenvalue weighted by atomic mass is 10.0. The molecule has 3 aromatic heterocycles. The molecule has 31 heavy (non-hydrogen) atoms. The molecule has 0 aliphatic carbocycles. The molecule has 0 fully saturated rings. The van der Waals surface area contributed by atoms with E-state index in [2.05, 4.69) is 20.6 Å². The van der Waals surface area contributed by atoms with Crippen LogP contribution in [0.25, 0.3) is 15.3 Å². The van der Waals surface area contributed by atoms with Crippen LogP contribution in [0.2, 0.25) is 0 Å². The SMILES string of the molecule is CC(C)[C@@H](NC(=O)c1ccc2nc(-n3cccc3)sc2c1)C(=O)NCc1ccncc1. The van der Waals surface area contributed by atoms with Crippen LogP contribution in [0.15, 0.2) is 67.3 Å². The summed E-state index contributed by atoms with van der Waals surface area (Å²) in [6.45, 7) is 4.20. The van der Waals surface area contributed by atoms with E-state index in [-0.39, 0.29) is 17.7 Å². The summed E-state index contributed by atoms with van der Waals surface area (Å²) in [6, 6.07) is 12.3. The maximum atomic E-state index is 12.9. The Bertz CT molecular complexity index is 1190. The second-order valence-corrected chi connectivity index (χ2v) is 8.55. The van der Waals surface area contributed by atoms with E-state index in [9.17, 15) is 9.59 Å². The molecule has 1 aromatic carbocycles. The fourth-order valence-corrected chi connectivity index (χ4v) is 4.16. The Hall–Kier alpha value is -3.52. The minimum absolute atomic E-state index is 0.0612. The third-order valence-corrected chi connectivity index (χ3v) is 5.95. The van der Waals surface area contributed by atoms with Crippen molar-refractivity contribution in [2.75, 3.05) is 0 Å². The summed E-state index contributed by atoms with van der Waals surface area (Å²) in [5.41, 5.74) is 2.29. The van der Waals surface area contributed by atoms with Crippen molar-refractivity contribution >= 4 is 33.4 Å². The quantitative estimate of drug-likeness (QED) is 0.466. The highest BCUT2D eigenvalue weighted by Gasteiger charge is 2.24. The summed E-state index contributed by atoms with van der Waals surface area (Å²) >= 11 is 1.51. The number of carbonyl (C=O) groups is 2. The number of thiazole rings is 1. The number of benzene rings is 1. The Morgan fingerprint density at radius 2 is 1.84 bits per heavy atom. The first kappa shape index (κ1) is 20.7. The van der Waals surface area contributed by atoms with Crippen molar-refractivity contribution in [2.45, 2.75) is 26.4 Å². The van der Waals surface area contributed by atoms with Gasteiger partial charge in [0.05, 0.1) is 10.2 Å². The average molecular weight is 434 g/mol. The van der Waals surface area contributed by atoms with E-state index < -0.39 is 6.04 Å². The maximum Gasteiger partial charge on any atom is 0.251 e. The van der Waals surface area contributed by atoms with Gasteiger partial charge in [0.2, 0.25) is 5.91 Å². The Kier molecular flexibility index (Phi) is 6.08. The fraction of sp³-hybridized carbons (Fsp3) is 0.217. The molecule has 0 spiro atoms. The van der Waals surface area contributed by atoms with Crippen molar-refractivity contribution in [2.24, 2.45) is 5.92 Å². The smallest absolute Gasteiger partial charge is 0.251 e. The van der Waals surface area contributed by atoms with Crippen LogP contribution < -0.4 is 10.6 Å². The zero-order valence-corrected chi connectivity index (χ0v) is 18.1. The Balaban J connectivity index is 1.46. The van der Waals surface area contributed by atoms with E-state index in [1.54, 1.807) is 18.5 Å². The van der Waals surface area contributed by atoms with Gasteiger partial charge < -0.3 is 15.2 Å². The molecule has 4 aromatic rings. The molecule has 3 heterocycles. The number of rotatable bonds is 7. The Labute approximate surface area is 184 Å². The highest BCUT2D eigenvalue weighted by molar-refractivity contribution is 7.20. The number of pyridine rings is 1. The molecule has 2 amide bonds. The van der Waals surface area contributed by atoms with Gasteiger partial charge in [-0.1, -0.05) is 25.2 Å². The molecule has 0 unspecified atom stereocenters. The van der Waals surface area contributed by atoms with Crippen molar-refractivity contribution in [1.82, 2.24) is 25.2 Å². The first-order valence-corrected chi connectivity index (χ1v) is 10.8. The van der Waals surface area contributed by atoms with Crippen LogP contribution in [0.5, 0.6) is 0 Å². The van der Waals surface area contributed by atoms with Crippen molar-refractivity contribution < 1.29 is 9.59 Å². The Morgan fingerprint density at radius 1 is 1.10 bits per heavy atom. The fourth-order valence-electron chi connectivity index (χ4n) is 3.19. The second-order valence-electron chi connectivity index (χ2n) is 7.54. The monoisotopic (exact) mass is 433 g/mol. The van der Waals surface area contributed by atoms with Gasteiger partial charge in [-0.05, 0) is 53.9 Å². The number of carbonyl (C=O) groups excluding carboxylic acids is 2. The van der Waals surface area contributed by atoms with Crippen LogP contribution in [0.1, 0.15) is 29.8 Å². The zero-order chi connectivity index (χ0) is 21.8. The normalized spacial score (nSPS) is 12.1. The zero-order valence-electron chi connectivity index (χ0n) is 17.3. The number of nitrogens with one attached hydrogen (secondary N) is 2. The molecule has 1 atom stereocenters. The van der Waals surface area contributed by atoms with Crippen molar-refractivity contribution in [3.63, 3.8) is 0 Å². The van der Waals surface area contributed by atoms with E-state index in [0.717, 1.165) is 20.9 Å². The lowest BCUT2D eigenvalue weighted by molar-refractivity contribution is -0.124. The molecule has 2 N–H and O–H groups in total. The van der Waals surface area contributed by atoms with Crippen LogP contribution in [0.4, 0.5) is 0 Å². The molecule has 158 valence electrons.